The molecule has 2 aliphatic rings. The van der Waals surface area contributed by atoms with Crippen molar-refractivity contribution in [1.29, 1.82) is 0 Å². The molecule has 0 unspecified atom stereocenters. The highest BCUT2D eigenvalue weighted by Crippen LogP contribution is 2.37. The minimum Gasteiger partial charge on any atom is -0.320 e. The number of carbonyl (C=O) groups excluding carboxylic acids is 1. The van der Waals surface area contributed by atoms with E-state index in [9.17, 15) is 13.2 Å². The van der Waals surface area contributed by atoms with Crippen LogP contribution < -0.4 is 5.32 Å². The summed E-state index contributed by atoms with van der Waals surface area (Å²) >= 11 is 5.92. The summed E-state index contributed by atoms with van der Waals surface area (Å²) in [6.07, 6.45) is 2.59. The number of halogens is 1. The molecular formula is C24H30ClN3O3S. The summed E-state index contributed by atoms with van der Waals surface area (Å²) in [6, 6.07) is 16.1. The Morgan fingerprint density at radius 1 is 1.09 bits per heavy atom. The van der Waals surface area contributed by atoms with E-state index in [1.165, 1.54) is 4.31 Å². The predicted molar refractivity (Wildman–Crippen MR) is 126 cm³/mol. The van der Waals surface area contributed by atoms with Crippen LogP contribution in [0.4, 0.5) is 0 Å². The third kappa shape index (κ3) is 4.31. The molecule has 2 saturated heterocycles. The summed E-state index contributed by atoms with van der Waals surface area (Å²) in [5.74, 6) is 0.109. The Balaban J connectivity index is 1.54. The zero-order chi connectivity index (χ0) is 22.9. The van der Waals surface area contributed by atoms with E-state index >= 15 is 0 Å². The third-order valence-corrected chi connectivity index (χ3v) is 8.92. The van der Waals surface area contributed by atoms with Crippen LogP contribution in [-0.2, 0) is 21.2 Å². The maximum absolute atomic E-state index is 13.4. The number of rotatable bonds is 6. The number of benzene rings is 2. The van der Waals surface area contributed by atoms with Crippen molar-refractivity contribution >= 4 is 27.5 Å². The van der Waals surface area contributed by atoms with Crippen LogP contribution in [0.25, 0.3) is 0 Å². The quantitative estimate of drug-likeness (QED) is 0.692. The molecule has 2 aromatic carbocycles. The molecule has 0 saturated carbocycles. The monoisotopic (exact) mass is 475 g/mol. The Bertz CT molecular complexity index is 1050. The summed E-state index contributed by atoms with van der Waals surface area (Å²) in [5, 5.41) is 4.13. The van der Waals surface area contributed by atoms with Crippen LogP contribution in [-0.4, -0.2) is 54.4 Å². The van der Waals surface area contributed by atoms with Crippen molar-refractivity contribution in [2.45, 2.75) is 62.2 Å². The average Bonchev–Trinajstić information content (AvgIpc) is 3.05. The maximum atomic E-state index is 13.4. The number of piperidine rings is 1. The first-order valence-corrected chi connectivity index (χ1v) is 13.0. The van der Waals surface area contributed by atoms with Crippen molar-refractivity contribution in [3.05, 3.63) is 65.2 Å². The van der Waals surface area contributed by atoms with Crippen molar-refractivity contribution in [3.63, 3.8) is 0 Å². The van der Waals surface area contributed by atoms with Gasteiger partial charge in [0.2, 0.25) is 15.9 Å². The van der Waals surface area contributed by atoms with Gasteiger partial charge in [-0.3, -0.25) is 10.1 Å². The van der Waals surface area contributed by atoms with E-state index < -0.39 is 15.7 Å². The zero-order valence-corrected chi connectivity index (χ0v) is 20.1. The highest BCUT2D eigenvalue weighted by atomic mass is 35.5. The van der Waals surface area contributed by atoms with E-state index in [2.05, 4.69) is 19.2 Å². The van der Waals surface area contributed by atoms with E-state index in [1.54, 1.807) is 24.3 Å². The van der Waals surface area contributed by atoms with Crippen LogP contribution >= 0.6 is 11.6 Å². The van der Waals surface area contributed by atoms with E-state index in [-0.39, 0.29) is 22.9 Å². The summed E-state index contributed by atoms with van der Waals surface area (Å²) < 4.78 is 27.8. The van der Waals surface area contributed by atoms with Gasteiger partial charge in [0.05, 0.1) is 16.6 Å². The Morgan fingerprint density at radius 2 is 1.72 bits per heavy atom. The molecule has 32 heavy (non-hydrogen) atoms. The van der Waals surface area contributed by atoms with Crippen LogP contribution in [0.5, 0.6) is 0 Å². The number of nitrogens with one attached hydrogen (secondary N) is 1. The molecule has 0 radical (unpaired) electrons. The Labute approximate surface area is 195 Å². The number of hydrogen-bond donors (Lipinski definition) is 1. The highest BCUT2D eigenvalue weighted by Gasteiger charge is 2.53. The molecule has 1 spiro atoms. The predicted octanol–water partition coefficient (Wildman–Crippen LogP) is 3.66. The van der Waals surface area contributed by atoms with Crippen molar-refractivity contribution in [2.24, 2.45) is 0 Å². The molecular weight excluding hydrogens is 446 g/mol. The molecule has 2 fully saturated rings. The minimum atomic E-state index is -3.60. The smallest absolute Gasteiger partial charge is 0.243 e. The van der Waals surface area contributed by atoms with Crippen LogP contribution in [0.2, 0.25) is 5.02 Å². The molecule has 6 nitrogen and oxygen atoms in total. The normalized spacial score (nSPS) is 22.4. The van der Waals surface area contributed by atoms with E-state index in [1.807, 2.05) is 35.2 Å². The number of sulfonamides is 1. The van der Waals surface area contributed by atoms with Gasteiger partial charge in [-0.25, -0.2) is 8.42 Å². The van der Waals surface area contributed by atoms with E-state index in [0.717, 1.165) is 12.0 Å². The third-order valence-electron chi connectivity index (χ3n) is 6.75. The molecule has 2 atom stereocenters. The maximum Gasteiger partial charge on any atom is 0.243 e. The molecule has 8 heteroatoms. The molecule has 1 N–H and O–H groups in total. The Kier molecular flexibility index (Phi) is 6.63. The first-order valence-electron chi connectivity index (χ1n) is 11.2. The second-order valence-corrected chi connectivity index (χ2v) is 11.1. The van der Waals surface area contributed by atoms with Gasteiger partial charge in [0.1, 0.15) is 0 Å². The fourth-order valence-corrected chi connectivity index (χ4v) is 6.45. The summed E-state index contributed by atoms with van der Waals surface area (Å²) in [4.78, 5) is 15.7. The minimum absolute atomic E-state index is 0.0789. The van der Waals surface area contributed by atoms with Gasteiger partial charge in [-0.1, -0.05) is 48.9 Å². The Morgan fingerprint density at radius 3 is 2.31 bits per heavy atom. The number of carbonyl (C=O) groups is 1. The summed E-state index contributed by atoms with van der Waals surface area (Å²) in [5.41, 5.74) is 0.597. The second kappa shape index (κ2) is 9.14. The molecule has 2 aromatic rings. The van der Waals surface area contributed by atoms with Gasteiger partial charge in [-0.2, -0.15) is 4.31 Å². The molecule has 2 heterocycles. The Hall–Kier alpha value is -1.93. The van der Waals surface area contributed by atoms with Gasteiger partial charge in [-0.15, -0.1) is 0 Å². The largest absolute Gasteiger partial charge is 0.320 e. The highest BCUT2D eigenvalue weighted by molar-refractivity contribution is 7.89. The number of hydrogen-bond acceptors (Lipinski definition) is 4. The molecule has 0 aromatic heterocycles. The van der Waals surface area contributed by atoms with Crippen molar-refractivity contribution in [1.82, 2.24) is 14.5 Å². The van der Waals surface area contributed by atoms with Crippen molar-refractivity contribution < 1.29 is 13.2 Å². The fourth-order valence-electron chi connectivity index (χ4n) is 4.88. The second-order valence-electron chi connectivity index (χ2n) is 8.74. The lowest BCUT2D eigenvalue weighted by atomic mass is 9.95. The van der Waals surface area contributed by atoms with Gasteiger partial charge in [0, 0.05) is 24.2 Å². The lowest BCUT2D eigenvalue weighted by Gasteiger charge is -2.46. The SMILES string of the molecule is CC[C@H](C)N1C(=O)[C@@H](Cc2ccccc2)NC12CCN(S(=O)(=O)c1ccc(Cl)cc1)CC2. The van der Waals surface area contributed by atoms with Gasteiger partial charge in [0.15, 0.2) is 0 Å². The van der Waals surface area contributed by atoms with Crippen LogP contribution in [0.1, 0.15) is 38.7 Å². The zero-order valence-electron chi connectivity index (χ0n) is 18.5. The van der Waals surface area contributed by atoms with Gasteiger partial charge in [-0.05, 0) is 62.4 Å². The van der Waals surface area contributed by atoms with E-state index in [0.29, 0.717) is 37.4 Å². The summed E-state index contributed by atoms with van der Waals surface area (Å²) in [7, 11) is -3.60. The first-order chi connectivity index (χ1) is 15.3. The van der Waals surface area contributed by atoms with Gasteiger partial charge in [0.25, 0.3) is 0 Å². The molecule has 0 bridgehead atoms. The molecule has 2 aliphatic heterocycles. The molecule has 0 aliphatic carbocycles. The topological polar surface area (TPSA) is 69.7 Å². The molecule has 4 rings (SSSR count). The lowest BCUT2D eigenvalue weighted by Crippen LogP contribution is -2.61. The van der Waals surface area contributed by atoms with Gasteiger partial charge < -0.3 is 4.90 Å². The van der Waals surface area contributed by atoms with Crippen molar-refractivity contribution in [3.8, 4) is 0 Å². The molecule has 172 valence electrons. The molecule has 1 amide bonds. The van der Waals surface area contributed by atoms with Gasteiger partial charge >= 0.3 is 0 Å². The standard InChI is InChI=1S/C24H30ClN3O3S/c1-3-18(2)28-23(29)22(17-19-7-5-4-6-8-19)26-24(28)13-15-27(16-14-24)32(30,31)21-11-9-20(25)10-12-21/h4-12,18,22,26H,3,13-17H2,1-2H3/t18-,22+/m0/s1. The van der Waals surface area contributed by atoms with Crippen LogP contribution in [0, 0.1) is 0 Å². The fraction of sp³-hybridized carbons (Fsp3) is 0.458. The number of amides is 1. The lowest BCUT2D eigenvalue weighted by molar-refractivity contribution is -0.136. The average molecular weight is 476 g/mol. The van der Waals surface area contributed by atoms with Crippen LogP contribution in [0.3, 0.4) is 0 Å². The van der Waals surface area contributed by atoms with Crippen molar-refractivity contribution in [2.75, 3.05) is 13.1 Å². The first kappa shape index (κ1) is 23.2. The van der Waals surface area contributed by atoms with E-state index in [4.69, 9.17) is 11.6 Å². The van der Waals surface area contributed by atoms with Crippen LogP contribution in [0.15, 0.2) is 59.5 Å². The summed E-state index contributed by atoms with van der Waals surface area (Å²) in [6.45, 7) is 4.87. The number of nitrogens with zero attached hydrogens (tertiary/aromatic N) is 2.